The van der Waals surface area contributed by atoms with Crippen LogP contribution in [0.1, 0.15) is 19.4 Å². The first-order valence-electron chi connectivity index (χ1n) is 6.23. The van der Waals surface area contributed by atoms with Crippen LogP contribution in [0.25, 0.3) is 0 Å². The van der Waals surface area contributed by atoms with Crippen LogP contribution in [-0.4, -0.2) is 34.7 Å². The van der Waals surface area contributed by atoms with Crippen molar-refractivity contribution in [2.24, 2.45) is 0 Å². The van der Waals surface area contributed by atoms with Crippen molar-refractivity contribution in [3.05, 3.63) is 29.8 Å². The van der Waals surface area contributed by atoms with Crippen LogP contribution in [0, 0.1) is 0 Å². The smallest absolute Gasteiger partial charge is 0.319 e. The largest absolute Gasteiger partial charge is 0.481 e. The van der Waals surface area contributed by atoms with E-state index in [0.717, 1.165) is 0 Å². The van der Waals surface area contributed by atoms with E-state index in [-0.39, 0.29) is 17.2 Å². The minimum absolute atomic E-state index is 0.0253. The molecular weight excluding hydrogens is 276 g/mol. The molecule has 0 bridgehead atoms. The van der Waals surface area contributed by atoms with Crippen molar-refractivity contribution in [1.29, 1.82) is 0 Å². The minimum atomic E-state index is -0.895. The van der Waals surface area contributed by atoms with Crippen LogP contribution in [0.4, 0.5) is 10.5 Å². The second-order valence-electron chi connectivity index (χ2n) is 5.04. The zero-order valence-electron chi connectivity index (χ0n) is 11.9. The van der Waals surface area contributed by atoms with Gasteiger partial charge in [0.05, 0.1) is 6.42 Å². The Morgan fingerprint density at radius 2 is 2.05 bits per heavy atom. The molecule has 0 saturated carbocycles. The third kappa shape index (κ3) is 5.97. The average molecular weight is 296 g/mol. The number of anilines is 1. The molecule has 3 N–H and O–H groups in total. The number of urea groups is 1. The standard InChI is InChI=1S/C14H20N2O3S/c1-14(2,20-3)9-15-13(19)16-11-6-4-5-10(7-11)8-12(17)18/h4-7H,8-9H2,1-3H3,(H,17,18)(H2,15,16,19). The highest BCUT2D eigenvalue weighted by Crippen LogP contribution is 2.19. The third-order valence-electron chi connectivity index (χ3n) is 2.77. The van der Waals surface area contributed by atoms with E-state index in [1.54, 1.807) is 36.0 Å². The van der Waals surface area contributed by atoms with Crippen LogP contribution < -0.4 is 10.6 Å². The van der Waals surface area contributed by atoms with E-state index in [2.05, 4.69) is 10.6 Å². The quantitative estimate of drug-likeness (QED) is 0.754. The van der Waals surface area contributed by atoms with Crippen LogP contribution in [-0.2, 0) is 11.2 Å². The summed E-state index contributed by atoms with van der Waals surface area (Å²) in [6, 6.07) is 6.53. The second-order valence-corrected chi connectivity index (χ2v) is 6.56. The molecule has 0 aliphatic carbocycles. The van der Waals surface area contributed by atoms with E-state index in [1.807, 2.05) is 20.1 Å². The lowest BCUT2D eigenvalue weighted by molar-refractivity contribution is -0.136. The fraction of sp³-hybridized carbons (Fsp3) is 0.429. The summed E-state index contributed by atoms with van der Waals surface area (Å²) in [5, 5.41) is 14.2. The van der Waals surface area contributed by atoms with Crippen LogP contribution in [0.3, 0.4) is 0 Å². The first-order chi connectivity index (χ1) is 9.32. The van der Waals surface area contributed by atoms with Gasteiger partial charge in [0.2, 0.25) is 0 Å². The molecule has 1 rings (SSSR count). The number of benzene rings is 1. The number of hydrogen-bond donors (Lipinski definition) is 3. The summed E-state index contributed by atoms with van der Waals surface area (Å²) in [5.41, 5.74) is 1.24. The number of hydrogen-bond acceptors (Lipinski definition) is 3. The van der Waals surface area contributed by atoms with Gasteiger partial charge < -0.3 is 15.7 Å². The molecule has 110 valence electrons. The van der Waals surface area contributed by atoms with Gasteiger partial charge in [-0.1, -0.05) is 12.1 Å². The van der Waals surface area contributed by atoms with Gasteiger partial charge in [0.25, 0.3) is 0 Å². The Balaban J connectivity index is 2.55. The molecule has 5 nitrogen and oxygen atoms in total. The summed E-state index contributed by atoms with van der Waals surface area (Å²) >= 11 is 1.68. The molecule has 0 aliphatic rings. The Bertz CT molecular complexity index is 489. The Kier molecular flexibility index (Phi) is 5.88. The lowest BCUT2D eigenvalue weighted by Gasteiger charge is -2.22. The summed E-state index contributed by atoms with van der Waals surface area (Å²) in [6.45, 7) is 4.64. The number of carbonyl (C=O) groups excluding carboxylic acids is 1. The van der Waals surface area contributed by atoms with Crippen molar-refractivity contribution in [2.75, 3.05) is 18.1 Å². The third-order valence-corrected chi connectivity index (χ3v) is 4.02. The number of aliphatic carboxylic acids is 1. The lowest BCUT2D eigenvalue weighted by atomic mass is 10.1. The first kappa shape index (κ1) is 16.4. The number of carboxylic acids is 1. The second kappa shape index (κ2) is 7.19. The lowest BCUT2D eigenvalue weighted by Crippen LogP contribution is -2.38. The minimum Gasteiger partial charge on any atom is -0.481 e. The van der Waals surface area contributed by atoms with Crippen LogP contribution in [0.5, 0.6) is 0 Å². The molecule has 0 fully saturated rings. The topological polar surface area (TPSA) is 78.4 Å². The van der Waals surface area contributed by atoms with Gasteiger partial charge in [0.1, 0.15) is 0 Å². The molecule has 0 unspecified atom stereocenters. The van der Waals surface area contributed by atoms with E-state index < -0.39 is 5.97 Å². The zero-order chi connectivity index (χ0) is 15.2. The molecule has 0 atom stereocenters. The highest BCUT2D eigenvalue weighted by Gasteiger charge is 2.16. The molecule has 0 radical (unpaired) electrons. The van der Waals surface area contributed by atoms with Crippen LogP contribution in [0.2, 0.25) is 0 Å². The normalized spacial score (nSPS) is 10.9. The van der Waals surface area contributed by atoms with Gasteiger partial charge in [0.15, 0.2) is 0 Å². The number of carbonyl (C=O) groups is 2. The average Bonchev–Trinajstić information content (AvgIpc) is 2.36. The zero-order valence-corrected chi connectivity index (χ0v) is 12.7. The highest BCUT2D eigenvalue weighted by molar-refractivity contribution is 7.99. The maximum absolute atomic E-state index is 11.8. The van der Waals surface area contributed by atoms with Gasteiger partial charge >= 0.3 is 12.0 Å². The fourth-order valence-electron chi connectivity index (χ4n) is 1.47. The number of amides is 2. The Labute approximate surface area is 123 Å². The maximum atomic E-state index is 11.8. The molecule has 0 spiro atoms. The highest BCUT2D eigenvalue weighted by atomic mass is 32.2. The van der Waals surface area contributed by atoms with Gasteiger partial charge in [-0.2, -0.15) is 11.8 Å². The molecule has 2 amide bonds. The van der Waals surface area contributed by atoms with Crippen molar-refractivity contribution in [3.63, 3.8) is 0 Å². The van der Waals surface area contributed by atoms with Crippen molar-refractivity contribution in [1.82, 2.24) is 5.32 Å². The molecule has 20 heavy (non-hydrogen) atoms. The molecule has 1 aromatic carbocycles. The van der Waals surface area contributed by atoms with Crippen molar-refractivity contribution < 1.29 is 14.7 Å². The number of rotatable bonds is 6. The predicted octanol–water partition coefficient (Wildman–Crippen LogP) is 2.58. The van der Waals surface area contributed by atoms with Gasteiger partial charge in [-0.3, -0.25) is 4.79 Å². The van der Waals surface area contributed by atoms with E-state index in [1.165, 1.54) is 0 Å². The fourth-order valence-corrected chi connectivity index (χ4v) is 1.69. The predicted molar refractivity (Wildman–Crippen MR) is 82.4 cm³/mol. The molecule has 6 heteroatoms. The van der Waals surface area contributed by atoms with Gasteiger partial charge in [0, 0.05) is 17.0 Å². The summed E-state index contributed by atoms with van der Waals surface area (Å²) in [7, 11) is 0. The summed E-state index contributed by atoms with van der Waals surface area (Å²) in [6.07, 6.45) is 1.94. The number of carboxylic acid groups (broad SMARTS) is 1. The number of nitrogens with one attached hydrogen (secondary N) is 2. The van der Waals surface area contributed by atoms with Crippen molar-refractivity contribution in [3.8, 4) is 0 Å². The Hall–Kier alpha value is -1.69. The van der Waals surface area contributed by atoms with Gasteiger partial charge in [-0.05, 0) is 37.8 Å². The number of thioether (sulfide) groups is 1. The molecule has 0 heterocycles. The molecule has 1 aromatic rings. The summed E-state index contributed by atoms with van der Waals surface area (Å²) in [5.74, 6) is -0.895. The van der Waals surface area contributed by atoms with E-state index >= 15 is 0 Å². The van der Waals surface area contributed by atoms with Gasteiger partial charge in [-0.15, -0.1) is 0 Å². The van der Waals surface area contributed by atoms with Crippen LogP contribution in [0.15, 0.2) is 24.3 Å². The van der Waals surface area contributed by atoms with E-state index in [4.69, 9.17) is 5.11 Å². The molecule has 0 saturated heterocycles. The first-order valence-corrected chi connectivity index (χ1v) is 7.45. The Morgan fingerprint density at radius 3 is 2.65 bits per heavy atom. The van der Waals surface area contributed by atoms with Crippen molar-refractivity contribution in [2.45, 2.75) is 25.0 Å². The SMILES string of the molecule is CSC(C)(C)CNC(=O)Nc1cccc(CC(=O)O)c1. The summed E-state index contributed by atoms with van der Waals surface area (Å²) in [4.78, 5) is 22.4. The maximum Gasteiger partial charge on any atom is 0.319 e. The van der Waals surface area contributed by atoms with E-state index in [9.17, 15) is 9.59 Å². The van der Waals surface area contributed by atoms with E-state index in [0.29, 0.717) is 17.8 Å². The monoisotopic (exact) mass is 296 g/mol. The molecule has 0 aromatic heterocycles. The summed E-state index contributed by atoms with van der Waals surface area (Å²) < 4.78 is -0.0253. The molecular formula is C14H20N2O3S. The van der Waals surface area contributed by atoms with Gasteiger partial charge in [-0.25, -0.2) is 4.79 Å². The Morgan fingerprint density at radius 1 is 1.35 bits per heavy atom. The molecule has 0 aliphatic heterocycles. The van der Waals surface area contributed by atoms with Crippen LogP contribution >= 0.6 is 11.8 Å². The van der Waals surface area contributed by atoms with Crippen molar-refractivity contribution >= 4 is 29.4 Å².